The molecule has 1 heterocycles. The van der Waals surface area contributed by atoms with E-state index in [0.717, 1.165) is 12.2 Å². The van der Waals surface area contributed by atoms with E-state index < -0.39 is 11.4 Å². The second kappa shape index (κ2) is 4.71. The Morgan fingerprint density at radius 3 is 2.56 bits per heavy atom. The zero-order valence-electron chi connectivity index (χ0n) is 11.1. The summed E-state index contributed by atoms with van der Waals surface area (Å²) in [7, 11) is 0. The first-order chi connectivity index (χ1) is 8.52. The van der Waals surface area contributed by atoms with Crippen molar-refractivity contribution in [2.45, 2.75) is 52.4 Å². The van der Waals surface area contributed by atoms with Crippen LogP contribution in [0.25, 0.3) is 0 Å². The Hall–Kier alpha value is -1.39. The highest BCUT2D eigenvalue weighted by Crippen LogP contribution is 2.45. The summed E-state index contributed by atoms with van der Waals surface area (Å²) in [4.78, 5) is 15.7. The number of aliphatic carboxylic acids is 1. The molecule has 100 valence electrons. The first kappa shape index (κ1) is 13.1. The quantitative estimate of drug-likeness (QED) is 0.842. The topological polar surface area (TPSA) is 76.2 Å². The Kier molecular flexibility index (Phi) is 3.41. The lowest BCUT2D eigenvalue weighted by atomic mass is 9.79. The van der Waals surface area contributed by atoms with Gasteiger partial charge in [-0.15, -0.1) is 0 Å². The molecule has 2 rings (SSSR count). The number of carboxylic acids is 1. The van der Waals surface area contributed by atoms with Crippen LogP contribution in [0.3, 0.4) is 0 Å². The number of carbonyl (C=O) groups is 1. The van der Waals surface area contributed by atoms with E-state index in [4.69, 9.17) is 4.52 Å². The molecule has 0 saturated heterocycles. The predicted octanol–water partition coefficient (Wildman–Crippen LogP) is 2.63. The smallest absolute Gasteiger partial charge is 0.310 e. The van der Waals surface area contributed by atoms with E-state index in [-0.39, 0.29) is 0 Å². The molecular weight excluding hydrogens is 232 g/mol. The highest BCUT2D eigenvalue weighted by molar-refractivity contribution is 5.74. The third-order valence-electron chi connectivity index (χ3n) is 4.22. The summed E-state index contributed by atoms with van der Waals surface area (Å²) < 4.78 is 5.20. The van der Waals surface area contributed by atoms with Crippen molar-refractivity contribution in [2.75, 3.05) is 0 Å². The minimum Gasteiger partial charge on any atom is -0.481 e. The molecule has 0 radical (unpaired) electrons. The fraction of sp³-hybridized carbons (Fsp3) is 0.769. The van der Waals surface area contributed by atoms with Gasteiger partial charge in [0.2, 0.25) is 5.89 Å². The summed E-state index contributed by atoms with van der Waals surface area (Å²) in [5.74, 6) is 1.44. The van der Waals surface area contributed by atoms with Crippen LogP contribution in [0.2, 0.25) is 0 Å². The van der Waals surface area contributed by atoms with Gasteiger partial charge in [-0.2, -0.15) is 4.98 Å². The van der Waals surface area contributed by atoms with E-state index in [0.29, 0.717) is 37.0 Å². The van der Waals surface area contributed by atoms with Gasteiger partial charge in [0.25, 0.3) is 0 Å². The van der Waals surface area contributed by atoms with Gasteiger partial charge in [-0.25, -0.2) is 0 Å². The molecule has 5 heteroatoms. The van der Waals surface area contributed by atoms with Crippen LogP contribution in [-0.4, -0.2) is 21.2 Å². The maximum atomic E-state index is 11.4. The normalized spacial score (nSPS) is 23.1. The molecule has 2 unspecified atom stereocenters. The van der Waals surface area contributed by atoms with Crippen LogP contribution in [0, 0.1) is 11.3 Å². The maximum Gasteiger partial charge on any atom is 0.310 e. The molecule has 2 atom stereocenters. The molecule has 1 aromatic heterocycles. The molecule has 1 aliphatic rings. The van der Waals surface area contributed by atoms with E-state index in [9.17, 15) is 9.90 Å². The summed E-state index contributed by atoms with van der Waals surface area (Å²) in [6.45, 7) is 5.93. The summed E-state index contributed by atoms with van der Waals surface area (Å²) in [6.07, 6.45) is 2.56. The first-order valence-corrected chi connectivity index (χ1v) is 6.58. The average molecular weight is 252 g/mol. The third kappa shape index (κ3) is 2.26. The first-order valence-electron chi connectivity index (χ1n) is 6.58. The standard InChI is InChI=1S/C13H20N2O3/c1-4-13(5-2,12(16)17)7-10-14-11(15-18-10)9-6-8(9)3/h8-9H,4-7H2,1-3H3,(H,16,17). The lowest BCUT2D eigenvalue weighted by molar-refractivity contribution is -0.149. The molecule has 1 saturated carbocycles. The van der Waals surface area contributed by atoms with Crippen LogP contribution in [0.5, 0.6) is 0 Å². The van der Waals surface area contributed by atoms with Gasteiger partial charge in [-0.1, -0.05) is 25.9 Å². The van der Waals surface area contributed by atoms with Gasteiger partial charge in [-0.3, -0.25) is 4.79 Å². The Bertz CT molecular complexity index is 437. The predicted molar refractivity (Wildman–Crippen MR) is 65.2 cm³/mol. The molecule has 0 bridgehead atoms. The molecule has 18 heavy (non-hydrogen) atoms. The van der Waals surface area contributed by atoms with Gasteiger partial charge in [-0.05, 0) is 25.2 Å². The van der Waals surface area contributed by atoms with E-state index >= 15 is 0 Å². The molecule has 5 nitrogen and oxygen atoms in total. The SMILES string of the molecule is CCC(CC)(Cc1nc(C2CC2C)no1)C(=O)O. The fourth-order valence-corrected chi connectivity index (χ4v) is 2.34. The Morgan fingerprint density at radius 1 is 1.50 bits per heavy atom. The minimum atomic E-state index is -0.785. The maximum absolute atomic E-state index is 11.4. The van der Waals surface area contributed by atoms with Crippen molar-refractivity contribution in [1.29, 1.82) is 0 Å². The van der Waals surface area contributed by atoms with Crippen molar-refractivity contribution < 1.29 is 14.4 Å². The molecule has 0 aliphatic heterocycles. The van der Waals surface area contributed by atoms with E-state index in [1.165, 1.54) is 0 Å². The fourth-order valence-electron chi connectivity index (χ4n) is 2.34. The summed E-state index contributed by atoms with van der Waals surface area (Å²) >= 11 is 0. The summed E-state index contributed by atoms with van der Waals surface area (Å²) in [6, 6.07) is 0. The molecular formula is C13H20N2O3. The Balaban J connectivity index is 2.12. The van der Waals surface area contributed by atoms with Crippen molar-refractivity contribution in [3.8, 4) is 0 Å². The van der Waals surface area contributed by atoms with Gasteiger partial charge in [0.05, 0.1) is 5.41 Å². The van der Waals surface area contributed by atoms with Crippen LogP contribution in [0.1, 0.15) is 57.7 Å². The third-order valence-corrected chi connectivity index (χ3v) is 4.22. The minimum absolute atomic E-state index is 0.323. The van der Waals surface area contributed by atoms with Crippen molar-refractivity contribution in [3.05, 3.63) is 11.7 Å². The number of hydrogen-bond acceptors (Lipinski definition) is 4. The molecule has 0 amide bonds. The van der Waals surface area contributed by atoms with Gasteiger partial charge in [0, 0.05) is 12.3 Å². The monoisotopic (exact) mass is 252 g/mol. The lowest BCUT2D eigenvalue weighted by Gasteiger charge is -2.24. The number of hydrogen-bond donors (Lipinski definition) is 1. The van der Waals surface area contributed by atoms with Crippen LogP contribution >= 0.6 is 0 Å². The van der Waals surface area contributed by atoms with Gasteiger partial charge < -0.3 is 9.63 Å². The van der Waals surface area contributed by atoms with E-state index in [1.54, 1.807) is 0 Å². The second-order valence-corrected chi connectivity index (χ2v) is 5.34. The van der Waals surface area contributed by atoms with Gasteiger partial charge in [0.1, 0.15) is 0 Å². The van der Waals surface area contributed by atoms with Crippen molar-refractivity contribution >= 4 is 5.97 Å². The van der Waals surface area contributed by atoms with Crippen molar-refractivity contribution in [1.82, 2.24) is 10.1 Å². The zero-order valence-corrected chi connectivity index (χ0v) is 11.1. The molecule has 0 aromatic carbocycles. The number of nitrogens with zero attached hydrogens (tertiary/aromatic N) is 2. The zero-order chi connectivity index (χ0) is 13.3. The van der Waals surface area contributed by atoms with Crippen LogP contribution in [0.4, 0.5) is 0 Å². The van der Waals surface area contributed by atoms with Crippen molar-refractivity contribution in [3.63, 3.8) is 0 Å². The van der Waals surface area contributed by atoms with E-state index in [1.807, 2.05) is 13.8 Å². The highest BCUT2D eigenvalue weighted by atomic mass is 16.5. The largest absolute Gasteiger partial charge is 0.481 e. The molecule has 1 N–H and O–H groups in total. The second-order valence-electron chi connectivity index (χ2n) is 5.34. The molecule has 1 aromatic rings. The highest BCUT2D eigenvalue weighted by Gasteiger charge is 2.40. The Morgan fingerprint density at radius 2 is 2.11 bits per heavy atom. The molecule has 1 aliphatic carbocycles. The summed E-state index contributed by atoms with van der Waals surface area (Å²) in [5, 5.41) is 13.3. The van der Waals surface area contributed by atoms with Gasteiger partial charge >= 0.3 is 5.97 Å². The average Bonchev–Trinajstić information content (AvgIpc) is 2.91. The number of rotatable bonds is 6. The van der Waals surface area contributed by atoms with Crippen LogP contribution in [-0.2, 0) is 11.2 Å². The molecule has 0 spiro atoms. The lowest BCUT2D eigenvalue weighted by Crippen LogP contribution is -2.32. The van der Waals surface area contributed by atoms with Crippen LogP contribution in [0.15, 0.2) is 4.52 Å². The van der Waals surface area contributed by atoms with Gasteiger partial charge in [0.15, 0.2) is 5.82 Å². The molecule has 1 fully saturated rings. The van der Waals surface area contributed by atoms with E-state index in [2.05, 4.69) is 17.1 Å². The summed E-state index contributed by atoms with van der Waals surface area (Å²) in [5.41, 5.74) is -0.779. The van der Waals surface area contributed by atoms with Crippen LogP contribution < -0.4 is 0 Å². The van der Waals surface area contributed by atoms with Crippen molar-refractivity contribution in [2.24, 2.45) is 11.3 Å². The Labute approximate surface area is 107 Å². The number of aromatic nitrogens is 2. The number of carboxylic acid groups (broad SMARTS) is 1.